The molecule has 0 radical (unpaired) electrons. The van der Waals surface area contributed by atoms with Crippen molar-refractivity contribution in [2.45, 2.75) is 25.8 Å². The second-order valence-corrected chi connectivity index (χ2v) is 3.91. The summed E-state index contributed by atoms with van der Waals surface area (Å²) in [5, 5.41) is 8.05. The Morgan fingerprint density at radius 2 is 2.14 bits per heavy atom. The van der Waals surface area contributed by atoms with Crippen LogP contribution >= 0.6 is 0 Å². The number of hydrogen-bond donors (Lipinski definition) is 0. The highest BCUT2D eigenvalue weighted by molar-refractivity contribution is 4.73. The van der Waals surface area contributed by atoms with E-state index in [1.54, 1.807) is 4.68 Å². The third-order valence-corrected chi connectivity index (χ3v) is 2.95. The Morgan fingerprint density at radius 3 is 2.64 bits per heavy atom. The maximum Gasteiger partial charge on any atom is 0.244 e. The maximum absolute atomic E-state index is 4.10. The summed E-state index contributed by atoms with van der Waals surface area (Å²) < 4.78 is 3.75. The van der Waals surface area contributed by atoms with Crippen molar-refractivity contribution in [1.82, 2.24) is 20.0 Å². The van der Waals surface area contributed by atoms with Crippen molar-refractivity contribution in [2.24, 2.45) is 7.05 Å². The number of rotatable bonds is 2. The largest absolute Gasteiger partial charge is 0.303 e. The van der Waals surface area contributed by atoms with Crippen LogP contribution in [0.15, 0.2) is 6.33 Å². The van der Waals surface area contributed by atoms with E-state index in [9.17, 15) is 0 Å². The number of likely N-dealkylation sites (tertiary alicyclic amines) is 1. The molecule has 1 aromatic heterocycles. The van der Waals surface area contributed by atoms with E-state index in [2.05, 4.69) is 22.3 Å². The normalized spacial score (nSPS) is 20.1. The fourth-order valence-corrected chi connectivity index (χ4v) is 1.99. The van der Waals surface area contributed by atoms with Crippen LogP contribution in [0.2, 0.25) is 0 Å². The fraction of sp³-hybridized carbons (Fsp3) is 0.889. The van der Waals surface area contributed by atoms with E-state index < -0.39 is 0 Å². The highest BCUT2D eigenvalue weighted by Crippen LogP contribution is 2.19. The standard InChI is InChI=1S/C9H18N5/c1-3-13-6-4-9(5-7-13)14-8-12(2)10-11-14/h8-9H,3-7H2,1-2H3/q+1. The average molecular weight is 196 g/mol. The van der Waals surface area contributed by atoms with Crippen molar-refractivity contribution in [2.75, 3.05) is 19.6 Å². The molecule has 5 heteroatoms. The van der Waals surface area contributed by atoms with Gasteiger partial charge in [0.15, 0.2) is 5.21 Å². The lowest BCUT2D eigenvalue weighted by atomic mass is 10.1. The van der Waals surface area contributed by atoms with Crippen molar-refractivity contribution in [3.63, 3.8) is 0 Å². The van der Waals surface area contributed by atoms with Gasteiger partial charge in [-0.1, -0.05) is 11.6 Å². The van der Waals surface area contributed by atoms with E-state index in [4.69, 9.17) is 0 Å². The zero-order valence-electron chi connectivity index (χ0n) is 8.93. The van der Waals surface area contributed by atoms with Crippen LogP contribution in [0.1, 0.15) is 25.8 Å². The minimum absolute atomic E-state index is 0.548. The molecule has 0 saturated carbocycles. The summed E-state index contributed by atoms with van der Waals surface area (Å²) >= 11 is 0. The molecule has 1 fully saturated rings. The molecule has 0 aromatic carbocycles. The Kier molecular flexibility index (Phi) is 2.77. The minimum atomic E-state index is 0.548. The molecule has 1 aromatic rings. The molecule has 14 heavy (non-hydrogen) atoms. The SMILES string of the molecule is CCN1CCC(n2c[n+](C)nn2)CC1. The van der Waals surface area contributed by atoms with Crippen molar-refractivity contribution >= 4 is 0 Å². The molecule has 0 N–H and O–H groups in total. The lowest BCUT2D eigenvalue weighted by Gasteiger charge is -2.28. The molecule has 1 aliphatic heterocycles. The predicted octanol–water partition coefficient (Wildman–Crippen LogP) is -0.241. The van der Waals surface area contributed by atoms with E-state index in [1.165, 1.54) is 25.9 Å². The van der Waals surface area contributed by atoms with E-state index in [-0.39, 0.29) is 0 Å². The fourth-order valence-electron chi connectivity index (χ4n) is 1.99. The Hall–Kier alpha value is -0.970. The van der Waals surface area contributed by atoms with Gasteiger partial charge in [-0.2, -0.15) is 0 Å². The van der Waals surface area contributed by atoms with Crippen molar-refractivity contribution in [1.29, 1.82) is 0 Å². The van der Waals surface area contributed by atoms with Crippen LogP contribution in [0.5, 0.6) is 0 Å². The summed E-state index contributed by atoms with van der Waals surface area (Å²) in [5.41, 5.74) is 0. The summed E-state index contributed by atoms with van der Waals surface area (Å²) in [6.07, 6.45) is 4.35. The van der Waals surface area contributed by atoms with Gasteiger partial charge in [-0.3, -0.25) is 0 Å². The average Bonchev–Trinajstić information content (AvgIpc) is 2.65. The first kappa shape index (κ1) is 9.58. The molecule has 1 aliphatic rings. The Bertz CT molecular complexity index is 287. The zero-order valence-corrected chi connectivity index (χ0v) is 8.93. The first-order valence-corrected chi connectivity index (χ1v) is 5.29. The summed E-state index contributed by atoms with van der Waals surface area (Å²) in [7, 11) is 1.91. The molecule has 0 spiro atoms. The van der Waals surface area contributed by atoms with Crippen LogP contribution < -0.4 is 4.68 Å². The van der Waals surface area contributed by atoms with Crippen LogP contribution in [0.25, 0.3) is 0 Å². The second-order valence-electron chi connectivity index (χ2n) is 3.91. The van der Waals surface area contributed by atoms with Crippen molar-refractivity contribution in [3.8, 4) is 0 Å². The number of piperidine rings is 1. The summed E-state index contributed by atoms with van der Waals surface area (Å²) in [6.45, 7) is 5.75. The van der Waals surface area contributed by atoms with Crippen LogP contribution in [-0.4, -0.2) is 39.6 Å². The van der Waals surface area contributed by atoms with Gasteiger partial charge < -0.3 is 4.90 Å². The second kappa shape index (κ2) is 4.04. The number of hydrogen-bond acceptors (Lipinski definition) is 3. The smallest absolute Gasteiger partial charge is 0.244 e. The molecule has 1 saturated heterocycles. The molecule has 0 bridgehead atoms. The summed E-state index contributed by atoms with van der Waals surface area (Å²) in [6, 6.07) is 0.548. The topological polar surface area (TPSA) is 37.8 Å². The van der Waals surface area contributed by atoms with Crippen molar-refractivity contribution < 1.29 is 4.68 Å². The third-order valence-electron chi connectivity index (χ3n) is 2.95. The first-order chi connectivity index (χ1) is 6.79. The molecule has 0 unspecified atom stereocenters. The molecule has 5 nitrogen and oxygen atoms in total. The van der Waals surface area contributed by atoms with Gasteiger partial charge in [-0.15, -0.1) is 4.68 Å². The van der Waals surface area contributed by atoms with Crippen LogP contribution in [-0.2, 0) is 7.05 Å². The monoisotopic (exact) mass is 196 g/mol. The predicted molar refractivity (Wildman–Crippen MR) is 51.6 cm³/mol. The highest BCUT2D eigenvalue weighted by atomic mass is 15.6. The summed E-state index contributed by atoms with van der Waals surface area (Å²) in [5.74, 6) is 0. The number of aromatic nitrogens is 4. The highest BCUT2D eigenvalue weighted by Gasteiger charge is 2.24. The van der Waals surface area contributed by atoms with E-state index in [1.807, 2.05) is 18.1 Å². The van der Waals surface area contributed by atoms with E-state index >= 15 is 0 Å². The Labute approximate surface area is 84.3 Å². The lowest BCUT2D eigenvalue weighted by Crippen LogP contribution is -2.35. The van der Waals surface area contributed by atoms with Gasteiger partial charge in [0.05, 0.1) is 7.05 Å². The maximum atomic E-state index is 4.10. The van der Waals surface area contributed by atoms with Crippen molar-refractivity contribution in [3.05, 3.63) is 6.33 Å². The van der Waals surface area contributed by atoms with Gasteiger partial charge in [0.1, 0.15) is 11.3 Å². The number of nitrogens with zero attached hydrogens (tertiary/aromatic N) is 5. The molecule has 0 aliphatic carbocycles. The molecule has 0 amide bonds. The first-order valence-electron chi connectivity index (χ1n) is 5.29. The summed E-state index contributed by atoms with van der Waals surface area (Å²) in [4.78, 5) is 2.48. The van der Waals surface area contributed by atoms with Gasteiger partial charge in [0, 0.05) is 13.1 Å². The lowest BCUT2D eigenvalue weighted by molar-refractivity contribution is -0.731. The van der Waals surface area contributed by atoms with Crippen LogP contribution in [0.4, 0.5) is 0 Å². The van der Waals surface area contributed by atoms with E-state index in [0.717, 1.165) is 6.54 Å². The van der Waals surface area contributed by atoms with Gasteiger partial charge in [-0.25, -0.2) is 0 Å². The Morgan fingerprint density at radius 1 is 1.43 bits per heavy atom. The Balaban J connectivity index is 1.95. The molecular weight excluding hydrogens is 178 g/mol. The minimum Gasteiger partial charge on any atom is -0.303 e. The van der Waals surface area contributed by atoms with Crippen LogP contribution in [0.3, 0.4) is 0 Å². The molecular formula is C9H18N5+. The van der Waals surface area contributed by atoms with Crippen LogP contribution in [0, 0.1) is 0 Å². The van der Waals surface area contributed by atoms with Gasteiger partial charge in [0.2, 0.25) is 6.33 Å². The zero-order chi connectivity index (χ0) is 9.97. The number of aryl methyl sites for hydroxylation is 1. The van der Waals surface area contributed by atoms with Gasteiger partial charge in [-0.05, 0) is 19.4 Å². The number of tetrazole rings is 1. The molecule has 2 rings (SSSR count). The quantitative estimate of drug-likeness (QED) is 0.613. The van der Waals surface area contributed by atoms with Gasteiger partial charge >= 0.3 is 0 Å². The molecule has 78 valence electrons. The van der Waals surface area contributed by atoms with E-state index in [0.29, 0.717) is 6.04 Å². The third kappa shape index (κ3) is 1.92. The molecule has 0 atom stereocenters. The molecule has 2 heterocycles. The van der Waals surface area contributed by atoms with Gasteiger partial charge in [0.25, 0.3) is 0 Å².